The number of halogens is 3. The summed E-state index contributed by atoms with van der Waals surface area (Å²) in [5, 5.41) is 3.52. The van der Waals surface area contributed by atoms with E-state index in [1.165, 1.54) is 25.5 Å². The van der Waals surface area contributed by atoms with Crippen LogP contribution in [0, 0.1) is 5.95 Å². The monoisotopic (exact) mass is 391 g/mol. The van der Waals surface area contributed by atoms with E-state index in [2.05, 4.69) is 11.2 Å². The molecule has 0 saturated heterocycles. The topological polar surface area (TPSA) is 38.1 Å². The number of carbonyl (C=O) groups is 1. The van der Waals surface area contributed by atoms with Gasteiger partial charge in [-0.25, -0.2) is 13.5 Å². The number of rotatable bonds is 6. The largest absolute Gasteiger partial charge is 0.331 e. The third-order valence-electron chi connectivity index (χ3n) is 5.86. The van der Waals surface area contributed by atoms with E-state index < -0.39 is 29.5 Å². The van der Waals surface area contributed by atoms with Gasteiger partial charge < -0.3 is 4.90 Å². The Kier molecular flexibility index (Phi) is 5.17. The molecule has 0 radical (unpaired) electrons. The molecule has 2 aliphatic rings. The fourth-order valence-electron chi connectivity index (χ4n) is 4.27. The van der Waals surface area contributed by atoms with Gasteiger partial charge in [0.2, 0.25) is 5.95 Å². The Morgan fingerprint density at radius 2 is 1.89 bits per heavy atom. The summed E-state index contributed by atoms with van der Waals surface area (Å²) in [5.41, 5.74) is 0.874. The predicted octanol–water partition coefficient (Wildman–Crippen LogP) is 4.96. The zero-order chi connectivity index (χ0) is 19.8. The molecule has 2 fully saturated rings. The van der Waals surface area contributed by atoms with Crippen LogP contribution < -0.4 is 0 Å². The number of alkyl halides is 2. The van der Waals surface area contributed by atoms with Gasteiger partial charge in [0.15, 0.2) is 0 Å². The highest BCUT2D eigenvalue weighted by Gasteiger charge is 2.38. The van der Waals surface area contributed by atoms with E-state index in [1.807, 2.05) is 18.2 Å². The van der Waals surface area contributed by atoms with Gasteiger partial charge in [-0.15, -0.1) is 0 Å². The highest BCUT2D eigenvalue weighted by Crippen LogP contribution is 2.38. The standard InChI is InChI=1S/C21H24F3N3O/c1-26-20(24)17(18(25-26)19(22)23)21(28)27(15-10-11-15)12-14-8-4-5-9-16(14)13-6-2-3-7-13/h4-5,8-9,13,15,19H,2-3,6-7,10-12H2,1H3. The molecule has 0 unspecified atom stereocenters. The Hall–Kier alpha value is -2.31. The number of benzene rings is 1. The maximum absolute atomic E-state index is 14.5. The maximum Gasteiger partial charge on any atom is 0.283 e. The van der Waals surface area contributed by atoms with Crippen molar-refractivity contribution >= 4 is 5.91 Å². The van der Waals surface area contributed by atoms with Crippen LogP contribution in [0.3, 0.4) is 0 Å². The Bertz CT molecular complexity index is 870. The zero-order valence-corrected chi connectivity index (χ0v) is 15.9. The number of carbonyl (C=O) groups excluding carboxylic acids is 1. The van der Waals surface area contributed by atoms with Crippen molar-refractivity contribution < 1.29 is 18.0 Å². The average molecular weight is 391 g/mol. The van der Waals surface area contributed by atoms with Crippen molar-refractivity contribution in [2.75, 3.05) is 0 Å². The molecule has 2 aliphatic carbocycles. The minimum Gasteiger partial charge on any atom is -0.331 e. The summed E-state index contributed by atoms with van der Waals surface area (Å²) in [6.07, 6.45) is 3.27. The molecular formula is C21H24F3N3O. The molecule has 0 atom stereocenters. The van der Waals surface area contributed by atoms with Crippen molar-refractivity contribution in [3.8, 4) is 0 Å². The van der Waals surface area contributed by atoms with Gasteiger partial charge >= 0.3 is 0 Å². The number of aryl methyl sites for hydroxylation is 1. The summed E-state index contributed by atoms with van der Waals surface area (Å²) in [4.78, 5) is 14.7. The Morgan fingerprint density at radius 3 is 2.54 bits per heavy atom. The Morgan fingerprint density at radius 1 is 1.21 bits per heavy atom. The third kappa shape index (κ3) is 3.54. The molecule has 1 aromatic heterocycles. The van der Waals surface area contributed by atoms with E-state index in [0.29, 0.717) is 17.1 Å². The molecule has 4 nitrogen and oxygen atoms in total. The van der Waals surface area contributed by atoms with Crippen LogP contribution in [0.2, 0.25) is 0 Å². The van der Waals surface area contributed by atoms with Crippen LogP contribution in [-0.2, 0) is 13.6 Å². The molecule has 0 aliphatic heterocycles. The van der Waals surface area contributed by atoms with Gasteiger partial charge in [-0.3, -0.25) is 4.79 Å². The molecule has 0 N–H and O–H groups in total. The van der Waals surface area contributed by atoms with E-state index in [-0.39, 0.29) is 6.04 Å². The maximum atomic E-state index is 14.5. The predicted molar refractivity (Wildman–Crippen MR) is 98.7 cm³/mol. The minimum absolute atomic E-state index is 0.0331. The SMILES string of the molecule is Cn1nc(C(F)F)c(C(=O)N(Cc2ccccc2C2CCCC2)C2CC2)c1F. The number of hydrogen-bond donors (Lipinski definition) is 0. The second-order valence-electron chi connectivity index (χ2n) is 7.82. The van der Waals surface area contributed by atoms with Crippen LogP contribution in [0.25, 0.3) is 0 Å². The number of nitrogens with zero attached hydrogens (tertiary/aromatic N) is 3. The Balaban J connectivity index is 1.66. The molecule has 7 heteroatoms. The first kappa shape index (κ1) is 19.0. The summed E-state index contributed by atoms with van der Waals surface area (Å²) in [5.74, 6) is -1.22. The second-order valence-corrected chi connectivity index (χ2v) is 7.82. The van der Waals surface area contributed by atoms with E-state index in [4.69, 9.17) is 0 Å². The lowest BCUT2D eigenvalue weighted by atomic mass is 9.92. The van der Waals surface area contributed by atoms with Gasteiger partial charge in [0.1, 0.15) is 11.3 Å². The summed E-state index contributed by atoms with van der Waals surface area (Å²) in [6.45, 7) is 0.313. The minimum atomic E-state index is -3.00. The first-order valence-electron chi connectivity index (χ1n) is 9.86. The number of aromatic nitrogens is 2. The van der Waals surface area contributed by atoms with Crippen molar-refractivity contribution in [2.24, 2.45) is 7.05 Å². The first-order chi connectivity index (χ1) is 13.5. The van der Waals surface area contributed by atoms with Crippen molar-refractivity contribution in [2.45, 2.75) is 63.5 Å². The molecule has 1 heterocycles. The summed E-state index contributed by atoms with van der Waals surface area (Å²) >= 11 is 0. The van der Waals surface area contributed by atoms with Crippen LogP contribution in [0.15, 0.2) is 24.3 Å². The van der Waals surface area contributed by atoms with Crippen LogP contribution in [0.1, 0.15) is 78.0 Å². The molecule has 4 rings (SSSR count). The zero-order valence-electron chi connectivity index (χ0n) is 15.9. The highest BCUT2D eigenvalue weighted by molar-refractivity contribution is 5.96. The molecule has 0 spiro atoms. The van der Waals surface area contributed by atoms with E-state index >= 15 is 0 Å². The van der Waals surface area contributed by atoms with Gasteiger partial charge in [-0.1, -0.05) is 37.1 Å². The molecule has 28 heavy (non-hydrogen) atoms. The van der Waals surface area contributed by atoms with E-state index in [9.17, 15) is 18.0 Å². The van der Waals surface area contributed by atoms with Gasteiger partial charge in [0.05, 0.1) is 0 Å². The van der Waals surface area contributed by atoms with Crippen LogP contribution in [0.5, 0.6) is 0 Å². The molecule has 0 bridgehead atoms. The normalized spacial score (nSPS) is 17.5. The van der Waals surface area contributed by atoms with Crippen molar-refractivity contribution in [1.29, 1.82) is 0 Å². The number of amides is 1. The molecule has 2 saturated carbocycles. The molecule has 1 amide bonds. The first-order valence-corrected chi connectivity index (χ1v) is 9.86. The third-order valence-corrected chi connectivity index (χ3v) is 5.86. The van der Waals surface area contributed by atoms with Crippen LogP contribution >= 0.6 is 0 Å². The summed E-state index contributed by atoms with van der Waals surface area (Å²) in [7, 11) is 1.23. The van der Waals surface area contributed by atoms with Crippen molar-refractivity contribution in [1.82, 2.24) is 14.7 Å². The van der Waals surface area contributed by atoms with E-state index in [0.717, 1.165) is 31.2 Å². The lowest BCUT2D eigenvalue weighted by molar-refractivity contribution is 0.0711. The molecule has 150 valence electrons. The van der Waals surface area contributed by atoms with Crippen molar-refractivity contribution in [3.63, 3.8) is 0 Å². The smallest absolute Gasteiger partial charge is 0.283 e. The van der Waals surface area contributed by atoms with Gasteiger partial charge in [0.25, 0.3) is 12.3 Å². The lowest BCUT2D eigenvalue weighted by Gasteiger charge is -2.25. The summed E-state index contributed by atoms with van der Waals surface area (Å²) in [6, 6.07) is 7.98. The van der Waals surface area contributed by atoms with Gasteiger partial charge in [0, 0.05) is 19.6 Å². The number of hydrogen-bond acceptors (Lipinski definition) is 2. The quantitative estimate of drug-likeness (QED) is 0.698. The Labute approximate surface area is 162 Å². The van der Waals surface area contributed by atoms with Gasteiger partial charge in [-0.2, -0.15) is 9.49 Å². The van der Waals surface area contributed by atoms with Gasteiger partial charge in [-0.05, 0) is 42.7 Å². The molecular weight excluding hydrogens is 367 g/mol. The molecule has 2 aromatic rings. The lowest BCUT2D eigenvalue weighted by Crippen LogP contribution is -2.34. The fourth-order valence-corrected chi connectivity index (χ4v) is 4.27. The van der Waals surface area contributed by atoms with Crippen LogP contribution in [0.4, 0.5) is 13.2 Å². The highest BCUT2D eigenvalue weighted by atomic mass is 19.3. The second kappa shape index (κ2) is 7.60. The fraction of sp³-hybridized carbons (Fsp3) is 0.524. The molecule has 1 aromatic carbocycles. The van der Waals surface area contributed by atoms with Crippen molar-refractivity contribution in [3.05, 3.63) is 52.6 Å². The van der Waals surface area contributed by atoms with E-state index in [1.54, 1.807) is 4.90 Å². The van der Waals surface area contributed by atoms with Crippen LogP contribution in [-0.4, -0.2) is 26.6 Å². The average Bonchev–Trinajstić information content (AvgIpc) is 3.28. The summed E-state index contributed by atoms with van der Waals surface area (Å²) < 4.78 is 41.9.